The van der Waals surface area contributed by atoms with Gasteiger partial charge < -0.3 is 4.42 Å². The number of anilines is 1. The molecule has 0 radical (unpaired) electrons. The van der Waals surface area contributed by atoms with Crippen LogP contribution in [0.15, 0.2) is 105 Å². The first-order valence-corrected chi connectivity index (χ1v) is 11.0. The summed E-state index contributed by atoms with van der Waals surface area (Å²) in [4.78, 5) is 35.0. The van der Waals surface area contributed by atoms with Gasteiger partial charge in [0.25, 0.3) is 11.6 Å². The highest BCUT2D eigenvalue weighted by Crippen LogP contribution is 2.38. The number of rotatable bonds is 5. The maximum atomic E-state index is 13.3. The van der Waals surface area contributed by atoms with Crippen molar-refractivity contribution >= 4 is 46.1 Å². The van der Waals surface area contributed by atoms with Gasteiger partial charge in [-0.25, -0.2) is 9.98 Å². The van der Waals surface area contributed by atoms with Crippen molar-refractivity contribution in [3.63, 3.8) is 0 Å². The molecule has 1 fully saturated rings. The Labute approximate surface area is 198 Å². The minimum Gasteiger partial charge on any atom is -0.456 e. The fourth-order valence-corrected chi connectivity index (χ4v) is 4.39. The van der Waals surface area contributed by atoms with E-state index in [-0.39, 0.29) is 11.6 Å². The van der Waals surface area contributed by atoms with Crippen molar-refractivity contribution in [2.24, 2.45) is 4.99 Å². The standard InChI is InChI=1S/C25H16N4O4S/c30-24-22(16-18-13-14-21(33-18)19-10-4-5-11-20(19)29(31)32)34-25(27-23-12-6-7-15-26-23)28(24)17-8-2-1-3-9-17/h1-16H/b22-16+,27-25+. The highest BCUT2D eigenvalue weighted by atomic mass is 32.2. The van der Waals surface area contributed by atoms with E-state index >= 15 is 0 Å². The number of hydrogen-bond donors (Lipinski definition) is 0. The summed E-state index contributed by atoms with van der Waals surface area (Å²) in [6, 6.07) is 24.3. The Balaban J connectivity index is 1.51. The summed E-state index contributed by atoms with van der Waals surface area (Å²) in [7, 11) is 0. The second-order valence-electron chi connectivity index (χ2n) is 7.15. The lowest BCUT2D eigenvalue weighted by Gasteiger charge is -2.15. The molecule has 1 aliphatic heterocycles. The zero-order valence-electron chi connectivity index (χ0n) is 17.6. The van der Waals surface area contributed by atoms with Crippen LogP contribution >= 0.6 is 11.8 Å². The molecule has 8 nitrogen and oxygen atoms in total. The highest BCUT2D eigenvalue weighted by molar-refractivity contribution is 8.19. The number of amidine groups is 1. The molecule has 0 bridgehead atoms. The third-order valence-electron chi connectivity index (χ3n) is 4.95. The van der Waals surface area contributed by atoms with Crippen LogP contribution in [0.25, 0.3) is 17.4 Å². The molecule has 4 aromatic rings. The Morgan fingerprint density at radius 3 is 2.50 bits per heavy atom. The number of aliphatic imine (C=N–C) groups is 1. The zero-order chi connectivity index (χ0) is 23.5. The average Bonchev–Trinajstić information content (AvgIpc) is 3.45. The van der Waals surface area contributed by atoms with Crippen molar-refractivity contribution in [1.82, 2.24) is 4.98 Å². The lowest BCUT2D eigenvalue weighted by atomic mass is 10.1. The summed E-state index contributed by atoms with van der Waals surface area (Å²) < 4.78 is 5.85. The van der Waals surface area contributed by atoms with Crippen LogP contribution in [0.3, 0.4) is 0 Å². The van der Waals surface area contributed by atoms with Gasteiger partial charge in [0.05, 0.1) is 21.1 Å². The number of nitro groups is 1. The van der Waals surface area contributed by atoms with E-state index in [1.165, 1.54) is 22.7 Å². The number of carbonyl (C=O) groups excluding carboxylic acids is 1. The minimum atomic E-state index is -0.454. The molecule has 1 amide bonds. The molecule has 2 aromatic heterocycles. The lowest BCUT2D eigenvalue weighted by molar-refractivity contribution is -0.384. The van der Waals surface area contributed by atoms with E-state index in [2.05, 4.69) is 9.98 Å². The second-order valence-corrected chi connectivity index (χ2v) is 8.15. The van der Waals surface area contributed by atoms with Crippen LogP contribution in [-0.4, -0.2) is 21.0 Å². The number of amides is 1. The summed E-state index contributed by atoms with van der Waals surface area (Å²) in [5, 5.41) is 11.8. The molecular weight excluding hydrogens is 452 g/mol. The van der Waals surface area contributed by atoms with E-state index in [9.17, 15) is 14.9 Å². The zero-order valence-corrected chi connectivity index (χ0v) is 18.4. The molecule has 1 saturated heterocycles. The normalized spacial score (nSPS) is 15.9. The molecule has 0 spiro atoms. The Hall–Kier alpha value is -4.50. The van der Waals surface area contributed by atoms with Gasteiger partial charge in [-0.1, -0.05) is 36.4 Å². The molecule has 0 saturated carbocycles. The topological polar surface area (TPSA) is 102 Å². The number of nitrogens with zero attached hydrogens (tertiary/aromatic N) is 4. The monoisotopic (exact) mass is 468 g/mol. The smallest absolute Gasteiger partial charge is 0.280 e. The average molecular weight is 468 g/mol. The van der Waals surface area contributed by atoms with Gasteiger partial charge >= 0.3 is 0 Å². The van der Waals surface area contributed by atoms with Crippen LogP contribution in [0, 0.1) is 10.1 Å². The largest absolute Gasteiger partial charge is 0.456 e. The van der Waals surface area contributed by atoms with Crippen LogP contribution < -0.4 is 4.90 Å². The van der Waals surface area contributed by atoms with Crippen LogP contribution in [0.4, 0.5) is 17.2 Å². The van der Waals surface area contributed by atoms with Gasteiger partial charge in [-0.15, -0.1) is 0 Å². The predicted molar refractivity (Wildman–Crippen MR) is 132 cm³/mol. The van der Waals surface area contributed by atoms with Crippen LogP contribution in [0.1, 0.15) is 5.76 Å². The first-order chi connectivity index (χ1) is 16.6. The summed E-state index contributed by atoms with van der Waals surface area (Å²) in [6.45, 7) is 0. The van der Waals surface area contributed by atoms with Crippen molar-refractivity contribution in [1.29, 1.82) is 0 Å². The van der Waals surface area contributed by atoms with Gasteiger partial charge in [-0.3, -0.25) is 19.8 Å². The number of pyridine rings is 1. The van der Waals surface area contributed by atoms with Crippen molar-refractivity contribution in [2.45, 2.75) is 0 Å². The number of thioether (sulfide) groups is 1. The van der Waals surface area contributed by atoms with Gasteiger partial charge in [-0.2, -0.15) is 0 Å². The Morgan fingerprint density at radius 1 is 0.971 bits per heavy atom. The quantitative estimate of drug-likeness (QED) is 0.200. The molecule has 34 heavy (non-hydrogen) atoms. The van der Waals surface area contributed by atoms with Gasteiger partial charge in [0.1, 0.15) is 11.5 Å². The van der Waals surface area contributed by atoms with Gasteiger partial charge in [0.15, 0.2) is 11.0 Å². The summed E-state index contributed by atoms with van der Waals surface area (Å²) in [5.41, 5.74) is 0.992. The van der Waals surface area contributed by atoms with E-state index in [1.807, 2.05) is 36.4 Å². The molecule has 3 heterocycles. The van der Waals surface area contributed by atoms with Crippen molar-refractivity contribution in [3.8, 4) is 11.3 Å². The predicted octanol–water partition coefficient (Wildman–Crippen LogP) is 6.06. The van der Waals surface area contributed by atoms with Gasteiger partial charge in [0.2, 0.25) is 0 Å². The first-order valence-electron chi connectivity index (χ1n) is 10.2. The molecule has 1 aliphatic rings. The summed E-state index contributed by atoms with van der Waals surface area (Å²) >= 11 is 1.20. The van der Waals surface area contributed by atoms with Gasteiger partial charge in [-0.05, 0) is 54.2 Å². The van der Waals surface area contributed by atoms with E-state index in [0.717, 1.165) is 0 Å². The summed E-state index contributed by atoms with van der Waals surface area (Å²) in [5.74, 6) is 0.971. The number of para-hydroxylation sites is 2. The molecule has 2 aromatic carbocycles. The first kappa shape index (κ1) is 21.4. The minimum absolute atomic E-state index is 0.0533. The molecule has 0 atom stereocenters. The second kappa shape index (κ2) is 9.16. The molecule has 0 N–H and O–H groups in total. The molecule has 9 heteroatoms. The van der Waals surface area contributed by atoms with Gasteiger partial charge in [0, 0.05) is 18.3 Å². The Kier molecular flexibility index (Phi) is 5.75. The number of aromatic nitrogens is 1. The summed E-state index contributed by atoms with van der Waals surface area (Å²) in [6.07, 6.45) is 3.25. The Bertz CT molecular complexity index is 1430. The molecule has 166 valence electrons. The van der Waals surface area contributed by atoms with Crippen molar-refractivity contribution in [2.75, 3.05) is 4.90 Å². The Morgan fingerprint density at radius 2 is 1.74 bits per heavy atom. The molecular formula is C25H16N4O4S. The van der Waals surface area contributed by atoms with E-state index in [1.54, 1.807) is 54.7 Å². The number of furan rings is 1. The third-order valence-corrected chi connectivity index (χ3v) is 5.92. The maximum absolute atomic E-state index is 13.3. The van der Waals surface area contributed by atoms with Crippen LogP contribution in [-0.2, 0) is 4.79 Å². The molecule has 5 rings (SSSR count). The number of benzene rings is 2. The van der Waals surface area contributed by atoms with E-state index in [0.29, 0.717) is 38.7 Å². The highest BCUT2D eigenvalue weighted by Gasteiger charge is 2.35. The molecule has 0 aliphatic carbocycles. The number of hydrogen-bond acceptors (Lipinski definition) is 7. The van der Waals surface area contributed by atoms with E-state index < -0.39 is 4.92 Å². The SMILES string of the molecule is O=C1/C(=C\c2ccc(-c3ccccc3[N+](=O)[O-])o2)S/C(=N/c2ccccn2)N1c1ccccc1. The van der Waals surface area contributed by atoms with Crippen molar-refractivity contribution in [3.05, 3.63) is 112 Å². The van der Waals surface area contributed by atoms with Crippen molar-refractivity contribution < 1.29 is 14.1 Å². The fourth-order valence-electron chi connectivity index (χ4n) is 3.42. The number of nitro benzene ring substituents is 1. The number of carbonyl (C=O) groups is 1. The fraction of sp³-hybridized carbons (Fsp3) is 0. The van der Waals surface area contributed by atoms with Crippen LogP contribution in [0.5, 0.6) is 0 Å². The maximum Gasteiger partial charge on any atom is 0.280 e. The lowest BCUT2D eigenvalue weighted by Crippen LogP contribution is -2.28. The third kappa shape index (κ3) is 4.24. The molecule has 0 unspecified atom stereocenters. The van der Waals surface area contributed by atoms with Crippen LogP contribution in [0.2, 0.25) is 0 Å². The van der Waals surface area contributed by atoms with E-state index in [4.69, 9.17) is 4.42 Å².